The minimum atomic E-state index is -0.577. The Morgan fingerprint density at radius 3 is 2.84 bits per heavy atom. The number of pyridine rings is 1. The molecule has 0 radical (unpaired) electrons. The number of nitrogens with zero attached hydrogens (tertiary/aromatic N) is 2. The van der Waals surface area contributed by atoms with Crippen LogP contribution in [0, 0.1) is 5.82 Å². The molecule has 0 atom stereocenters. The minimum Gasteiger partial charge on any atom is -0.399 e. The lowest BCUT2D eigenvalue weighted by atomic mass is 10.1. The van der Waals surface area contributed by atoms with Gasteiger partial charge in [-0.1, -0.05) is 6.07 Å². The molecule has 98 valence electrons. The Kier molecular flexibility index (Phi) is 3.75. The molecule has 0 aliphatic rings. The first-order valence-corrected chi connectivity index (χ1v) is 5.78. The summed E-state index contributed by atoms with van der Waals surface area (Å²) in [5.74, 6) is -0.998. The lowest BCUT2D eigenvalue weighted by Gasteiger charge is -2.17. The van der Waals surface area contributed by atoms with E-state index in [4.69, 9.17) is 5.73 Å². The number of hydrogen-bond donors (Lipinski definition) is 1. The van der Waals surface area contributed by atoms with E-state index in [9.17, 15) is 9.18 Å². The molecular weight excluding hydrogens is 245 g/mol. The van der Waals surface area contributed by atoms with Crippen molar-refractivity contribution in [1.82, 2.24) is 9.88 Å². The van der Waals surface area contributed by atoms with Crippen molar-refractivity contribution in [1.29, 1.82) is 0 Å². The molecule has 5 heteroatoms. The number of benzene rings is 1. The van der Waals surface area contributed by atoms with Gasteiger partial charge in [0.05, 0.1) is 17.8 Å². The number of hydrogen-bond acceptors (Lipinski definition) is 3. The molecule has 2 aromatic rings. The van der Waals surface area contributed by atoms with Gasteiger partial charge in [0.15, 0.2) is 0 Å². The summed E-state index contributed by atoms with van der Waals surface area (Å²) in [6, 6.07) is 9.39. The number of carbonyl (C=O) groups excluding carboxylic acids is 1. The van der Waals surface area contributed by atoms with Crippen molar-refractivity contribution in [2.24, 2.45) is 0 Å². The normalized spacial score (nSPS) is 10.2. The number of anilines is 1. The predicted molar refractivity (Wildman–Crippen MR) is 70.8 cm³/mol. The maximum absolute atomic E-state index is 13.6. The Balaban J connectivity index is 2.17. The second-order valence-corrected chi connectivity index (χ2v) is 4.22. The molecule has 0 fully saturated rings. The van der Waals surface area contributed by atoms with Crippen molar-refractivity contribution < 1.29 is 9.18 Å². The van der Waals surface area contributed by atoms with Crippen LogP contribution in [0.4, 0.5) is 10.1 Å². The van der Waals surface area contributed by atoms with Gasteiger partial charge in [-0.3, -0.25) is 9.78 Å². The number of amides is 1. The highest BCUT2D eigenvalue weighted by Gasteiger charge is 2.16. The van der Waals surface area contributed by atoms with Gasteiger partial charge in [0.2, 0.25) is 0 Å². The zero-order valence-corrected chi connectivity index (χ0v) is 10.5. The summed E-state index contributed by atoms with van der Waals surface area (Å²) in [6.45, 7) is 0.313. The van der Waals surface area contributed by atoms with Gasteiger partial charge >= 0.3 is 0 Å². The van der Waals surface area contributed by atoms with Crippen LogP contribution in [0.15, 0.2) is 42.6 Å². The lowest BCUT2D eigenvalue weighted by molar-refractivity contribution is 0.0779. The van der Waals surface area contributed by atoms with Gasteiger partial charge in [-0.2, -0.15) is 0 Å². The molecule has 0 saturated carbocycles. The van der Waals surface area contributed by atoms with Crippen molar-refractivity contribution in [3.05, 3.63) is 59.7 Å². The Morgan fingerprint density at radius 1 is 1.37 bits per heavy atom. The molecule has 2 rings (SSSR count). The van der Waals surface area contributed by atoms with Gasteiger partial charge in [-0.05, 0) is 30.3 Å². The van der Waals surface area contributed by atoms with Gasteiger partial charge < -0.3 is 10.6 Å². The smallest absolute Gasteiger partial charge is 0.256 e. The molecule has 2 N–H and O–H groups in total. The zero-order valence-electron chi connectivity index (χ0n) is 10.5. The zero-order chi connectivity index (χ0) is 13.8. The molecule has 0 bridgehead atoms. The van der Waals surface area contributed by atoms with Crippen LogP contribution in [0.1, 0.15) is 16.1 Å². The van der Waals surface area contributed by atoms with Crippen molar-refractivity contribution in [2.75, 3.05) is 12.8 Å². The van der Waals surface area contributed by atoms with E-state index < -0.39 is 11.7 Å². The van der Waals surface area contributed by atoms with Crippen LogP contribution in [0.5, 0.6) is 0 Å². The molecule has 1 amide bonds. The van der Waals surface area contributed by atoms with Crippen molar-refractivity contribution in [2.45, 2.75) is 6.54 Å². The standard InChI is InChI=1S/C14H14FN3O/c1-18(9-11-4-2-3-7-17-11)14(19)12-8-10(16)5-6-13(12)15/h2-8H,9,16H2,1H3. The first-order valence-electron chi connectivity index (χ1n) is 5.78. The highest BCUT2D eigenvalue weighted by molar-refractivity contribution is 5.95. The van der Waals surface area contributed by atoms with Crippen molar-refractivity contribution >= 4 is 11.6 Å². The summed E-state index contributed by atoms with van der Waals surface area (Å²) in [5.41, 5.74) is 6.63. The molecule has 0 unspecified atom stereocenters. The fourth-order valence-electron chi connectivity index (χ4n) is 1.72. The van der Waals surface area contributed by atoms with Crippen LogP contribution in [-0.4, -0.2) is 22.8 Å². The van der Waals surface area contributed by atoms with E-state index in [1.54, 1.807) is 25.4 Å². The molecule has 0 spiro atoms. The van der Waals surface area contributed by atoms with Crippen LogP contribution < -0.4 is 5.73 Å². The number of nitrogens with two attached hydrogens (primary N) is 1. The fourth-order valence-corrected chi connectivity index (χ4v) is 1.72. The summed E-state index contributed by atoms with van der Waals surface area (Å²) >= 11 is 0. The lowest BCUT2D eigenvalue weighted by Crippen LogP contribution is -2.27. The van der Waals surface area contributed by atoms with Crippen LogP contribution in [0.25, 0.3) is 0 Å². The van der Waals surface area contributed by atoms with E-state index in [1.165, 1.54) is 23.1 Å². The Bertz CT molecular complexity index is 586. The third-order valence-corrected chi connectivity index (χ3v) is 2.69. The van der Waals surface area contributed by atoms with Crippen LogP contribution in [0.2, 0.25) is 0 Å². The maximum Gasteiger partial charge on any atom is 0.256 e. The highest BCUT2D eigenvalue weighted by Crippen LogP contribution is 2.14. The summed E-state index contributed by atoms with van der Waals surface area (Å²) in [7, 11) is 1.60. The second kappa shape index (κ2) is 5.48. The number of carbonyl (C=O) groups is 1. The molecule has 1 aromatic carbocycles. The Morgan fingerprint density at radius 2 is 2.16 bits per heavy atom. The maximum atomic E-state index is 13.6. The summed E-state index contributed by atoms with van der Waals surface area (Å²) in [4.78, 5) is 17.7. The van der Waals surface area contributed by atoms with E-state index in [2.05, 4.69) is 4.98 Å². The van der Waals surface area contributed by atoms with Crippen molar-refractivity contribution in [3.63, 3.8) is 0 Å². The minimum absolute atomic E-state index is 0.0292. The van der Waals surface area contributed by atoms with Crippen LogP contribution >= 0.6 is 0 Å². The van der Waals surface area contributed by atoms with Crippen molar-refractivity contribution in [3.8, 4) is 0 Å². The first kappa shape index (κ1) is 13.0. The molecule has 1 aromatic heterocycles. The molecule has 19 heavy (non-hydrogen) atoms. The summed E-state index contributed by atoms with van der Waals surface area (Å²) < 4.78 is 13.6. The molecule has 0 aliphatic carbocycles. The Labute approximate surface area is 110 Å². The first-order chi connectivity index (χ1) is 9.08. The topological polar surface area (TPSA) is 59.2 Å². The summed E-state index contributed by atoms with van der Waals surface area (Å²) in [5, 5.41) is 0. The Hall–Kier alpha value is -2.43. The SMILES string of the molecule is CN(Cc1ccccn1)C(=O)c1cc(N)ccc1F. The molecule has 1 heterocycles. The highest BCUT2D eigenvalue weighted by atomic mass is 19.1. The molecule has 4 nitrogen and oxygen atoms in total. The van der Waals surface area contributed by atoms with Crippen LogP contribution in [-0.2, 0) is 6.54 Å². The predicted octanol–water partition coefficient (Wildman–Crippen LogP) is 2.08. The average Bonchev–Trinajstić information content (AvgIpc) is 2.42. The van der Waals surface area contributed by atoms with Gasteiger partial charge in [0.25, 0.3) is 5.91 Å². The largest absolute Gasteiger partial charge is 0.399 e. The number of aromatic nitrogens is 1. The third-order valence-electron chi connectivity index (χ3n) is 2.69. The quantitative estimate of drug-likeness (QED) is 0.858. The molecule has 0 saturated heterocycles. The number of nitrogen functional groups attached to an aromatic ring is 1. The van der Waals surface area contributed by atoms with E-state index in [-0.39, 0.29) is 5.56 Å². The van der Waals surface area contributed by atoms with Crippen LogP contribution in [0.3, 0.4) is 0 Å². The third kappa shape index (κ3) is 3.07. The van der Waals surface area contributed by atoms with E-state index >= 15 is 0 Å². The number of rotatable bonds is 3. The molecule has 0 aliphatic heterocycles. The van der Waals surface area contributed by atoms with Gasteiger partial charge in [0.1, 0.15) is 5.82 Å². The average molecular weight is 259 g/mol. The summed E-state index contributed by atoms with van der Waals surface area (Å²) in [6.07, 6.45) is 1.65. The van der Waals surface area contributed by atoms with E-state index in [0.717, 1.165) is 5.69 Å². The van der Waals surface area contributed by atoms with E-state index in [1.807, 2.05) is 6.07 Å². The van der Waals surface area contributed by atoms with Gasteiger partial charge in [-0.15, -0.1) is 0 Å². The monoisotopic (exact) mass is 259 g/mol. The van der Waals surface area contributed by atoms with Gasteiger partial charge in [0, 0.05) is 18.9 Å². The molecular formula is C14H14FN3O. The van der Waals surface area contributed by atoms with Gasteiger partial charge in [-0.25, -0.2) is 4.39 Å². The second-order valence-electron chi connectivity index (χ2n) is 4.22. The van der Waals surface area contributed by atoms with E-state index in [0.29, 0.717) is 12.2 Å². The fraction of sp³-hybridized carbons (Fsp3) is 0.143. The number of halogens is 1.